The van der Waals surface area contributed by atoms with Crippen LogP contribution in [0.15, 0.2) is 24.3 Å². The number of alkyl halides is 1. The molecule has 0 saturated carbocycles. The summed E-state index contributed by atoms with van der Waals surface area (Å²) < 4.78 is 1.96. The second kappa shape index (κ2) is 5.33. The predicted octanol–water partition coefficient (Wildman–Crippen LogP) is 4.50. The Bertz CT molecular complexity index is 559. The smallest absolute Gasteiger partial charge is 0.0677 e. The average molecular weight is 283 g/mol. The summed E-state index contributed by atoms with van der Waals surface area (Å²) >= 11 is 12.4. The van der Waals surface area contributed by atoms with E-state index < -0.39 is 0 Å². The Morgan fingerprint density at radius 2 is 1.94 bits per heavy atom. The lowest BCUT2D eigenvalue weighted by molar-refractivity contribution is 0.658. The largest absolute Gasteiger partial charge is 0.265 e. The maximum atomic E-state index is 6.18. The van der Waals surface area contributed by atoms with Gasteiger partial charge in [-0.1, -0.05) is 29.8 Å². The lowest BCUT2D eigenvalue weighted by Gasteiger charge is -2.08. The van der Waals surface area contributed by atoms with Crippen molar-refractivity contribution in [3.8, 4) is 0 Å². The Morgan fingerprint density at radius 1 is 1.28 bits per heavy atom. The Hall–Kier alpha value is -0.990. The number of hydrogen-bond donors (Lipinski definition) is 0. The summed E-state index contributed by atoms with van der Waals surface area (Å²) in [5.41, 5.74) is 4.28. The highest BCUT2D eigenvalue weighted by Gasteiger charge is 2.16. The van der Waals surface area contributed by atoms with Crippen LogP contribution in [0.4, 0.5) is 0 Å². The zero-order chi connectivity index (χ0) is 13.3. The van der Waals surface area contributed by atoms with Gasteiger partial charge in [0.1, 0.15) is 0 Å². The SMILES string of the molecule is Cc1nn(Cc2ccccc2Cl)c(C)c1C(C)Cl. The molecule has 0 aliphatic carbocycles. The summed E-state index contributed by atoms with van der Waals surface area (Å²) in [6, 6.07) is 7.83. The Balaban J connectivity index is 2.36. The predicted molar refractivity (Wildman–Crippen MR) is 76.5 cm³/mol. The van der Waals surface area contributed by atoms with Crippen molar-refractivity contribution in [2.24, 2.45) is 0 Å². The summed E-state index contributed by atoms with van der Waals surface area (Å²) in [6.45, 7) is 6.68. The van der Waals surface area contributed by atoms with Crippen LogP contribution in [0.3, 0.4) is 0 Å². The Morgan fingerprint density at radius 3 is 2.50 bits per heavy atom. The highest BCUT2D eigenvalue weighted by Crippen LogP contribution is 2.27. The van der Waals surface area contributed by atoms with Gasteiger partial charge in [0.25, 0.3) is 0 Å². The van der Waals surface area contributed by atoms with Gasteiger partial charge in [0.15, 0.2) is 0 Å². The molecule has 1 atom stereocenters. The molecule has 2 nitrogen and oxygen atoms in total. The van der Waals surface area contributed by atoms with Gasteiger partial charge >= 0.3 is 0 Å². The first-order valence-electron chi connectivity index (χ1n) is 5.92. The molecule has 2 aromatic rings. The normalized spacial score (nSPS) is 12.7. The van der Waals surface area contributed by atoms with E-state index in [9.17, 15) is 0 Å². The lowest BCUT2D eigenvalue weighted by Crippen LogP contribution is -2.05. The first-order valence-corrected chi connectivity index (χ1v) is 6.73. The first kappa shape index (κ1) is 13.4. The number of hydrogen-bond acceptors (Lipinski definition) is 1. The van der Waals surface area contributed by atoms with E-state index in [1.54, 1.807) is 0 Å². The van der Waals surface area contributed by atoms with Crippen molar-refractivity contribution in [3.05, 3.63) is 51.8 Å². The number of benzene rings is 1. The van der Waals surface area contributed by atoms with E-state index in [0.29, 0.717) is 6.54 Å². The Labute approximate surface area is 118 Å². The standard InChI is InChI=1S/C14H16Cl2N2/c1-9(15)14-10(2)17-18(11(14)3)8-12-6-4-5-7-13(12)16/h4-7,9H,8H2,1-3H3. The minimum Gasteiger partial charge on any atom is -0.265 e. The van der Waals surface area contributed by atoms with E-state index >= 15 is 0 Å². The molecule has 96 valence electrons. The molecular formula is C14H16Cl2N2. The van der Waals surface area contributed by atoms with Crippen LogP contribution in [0.1, 0.15) is 34.8 Å². The van der Waals surface area contributed by atoms with Gasteiger partial charge in [-0.05, 0) is 32.4 Å². The van der Waals surface area contributed by atoms with Gasteiger partial charge in [-0.25, -0.2) is 0 Å². The van der Waals surface area contributed by atoms with Gasteiger partial charge in [-0.2, -0.15) is 5.10 Å². The van der Waals surface area contributed by atoms with Gasteiger partial charge < -0.3 is 0 Å². The van der Waals surface area contributed by atoms with Crippen LogP contribution in [0.2, 0.25) is 5.02 Å². The van der Waals surface area contributed by atoms with Crippen LogP contribution in [-0.4, -0.2) is 9.78 Å². The molecule has 0 aliphatic heterocycles. The van der Waals surface area contributed by atoms with E-state index in [1.807, 2.05) is 49.7 Å². The molecule has 1 aromatic heterocycles. The van der Waals surface area contributed by atoms with Gasteiger partial charge in [0.2, 0.25) is 0 Å². The molecule has 0 spiro atoms. The quantitative estimate of drug-likeness (QED) is 0.758. The molecule has 0 bridgehead atoms. The van der Waals surface area contributed by atoms with Crippen molar-refractivity contribution in [3.63, 3.8) is 0 Å². The van der Waals surface area contributed by atoms with E-state index in [0.717, 1.165) is 27.5 Å². The lowest BCUT2D eigenvalue weighted by atomic mass is 10.1. The third-order valence-electron chi connectivity index (χ3n) is 3.11. The van der Waals surface area contributed by atoms with Crippen molar-refractivity contribution < 1.29 is 0 Å². The summed E-state index contributed by atoms with van der Waals surface area (Å²) in [7, 11) is 0. The molecule has 1 heterocycles. The van der Waals surface area contributed by atoms with Gasteiger partial charge in [-0.15, -0.1) is 11.6 Å². The molecular weight excluding hydrogens is 267 g/mol. The fraction of sp³-hybridized carbons (Fsp3) is 0.357. The highest BCUT2D eigenvalue weighted by molar-refractivity contribution is 6.31. The number of nitrogens with zero attached hydrogens (tertiary/aromatic N) is 2. The van der Waals surface area contributed by atoms with E-state index in [2.05, 4.69) is 5.10 Å². The van der Waals surface area contributed by atoms with Crippen LogP contribution in [0.5, 0.6) is 0 Å². The van der Waals surface area contributed by atoms with Crippen LogP contribution in [-0.2, 0) is 6.54 Å². The Kier molecular flexibility index (Phi) is 3.98. The minimum absolute atomic E-state index is 0.0232. The topological polar surface area (TPSA) is 17.8 Å². The van der Waals surface area contributed by atoms with Crippen molar-refractivity contribution in [2.45, 2.75) is 32.7 Å². The molecule has 0 aliphatic rings. The van der Waals surface area contributed by atoms with Gasteiger partial charge in [0, 0.05) is 16.3 Å². The zero-order valence-electron chi connectivity index (χ0n) is 10.7. The fourth-order valence-corrected chi connectivity index (χ4v) is 2.74. The second-order valence-corrected chi connectivity index (χ2v) is 5.51. The van der Waals surface area contributed by atoms with E-state index in [1.165, 1.54) is 0 Å². The van der Waals surface area contributed by atoms with Crippen molar-refractivity contribution in [1.29, 1.82) is 0 Å². The third-order valence-corrected chi connectivity index (χ3v) is 3.70. The molecule has 0 saturated heterocycles. The van der Waals surface area contributed by atoms with Crippen molar-refractivity contribution >= 4 is 23.2 Å². The molecule has 0 N–H and O–H groups in total. The third kappa shape index (κ3) is 2.55. The van der Waals surface area contributed by atoms with Crippen LogP contribution in [0.25, 0.3) is 0 Å². The number of aromatic nitrogens is 2. The summed E-state index contributed by atoms with van der Waals surface area (Å²) in [5.74, 6) is 0. The number of halogens is 2. The summed E-state index contributed by atoms with van der Waals surface area (Å²) in [4.78, 5) is 0. The van der Waals surface area contributed by atoms with Crippen LogP contribution < -0.4 is 0 Å². The molecule has 1 unspecified atom stereocenters. The average Bonchev–Trinajstić information content (AvgIpc) is 2.57. The monoisotopic (exact) mass is 282 g/mol. The van der Waals surface area contributed by atoms with Crippen LogP contribution >= 0.6 is 23.2 Å². The van der Waals surface area contributed by atoms with Gasteiger partial charge in [-0.3, -0.25) is 4.68 Å². The van der Waals surface area contributed by atoms with E-state index in [-0.39, 0.29) is 5.38 Å². The second-order valence-electron chi connectivity index (χ2n) is 4.45. The highest BCUT2D eigenvalue weighted by atomic mass is 35.5. The fourth-order valence-electron chi connectivity index (χ4n) is 2.23. The minimum atomic E-state index is -0.0232. The van der Waals surface area contributed by atoms with Crippen molar-refractivity contribution in [2.75, 3.05) is 0 Å². The van der Waals surface area contributed by atoms with Crippen LogP contribution in [0, 0.1) is 13.8 Å². The van der Waals surface area contributed by atoms with E-state index in [4.69, 9.17) is 23.2 Å². The molecule has 4 heteroatoms. The zero-order valence-corrected chi connectivity index (χ0v) is 12.3. The summed E-state index contributed by atoms with van der Waals surface area (Å²) in [5, 5.41) is 5.29. The molecule has 1 aromatic carbocycles. The first-order chi connectivity index (χ1) is 8.50. The molecule has 2 rings (SSSR count). The molecule has 0 fully saturated rings. The number of rotatable bonds is 3. The molecule has 18 heavy (non-hydrogen) atoms. The maximum absolute atomic E-state index is 6.18. The summed E-state index contributed by atoms with van der Waals surface area (Å²) in [6.07, 6.45) is 0. The molecule has 0 amide bonds. The molecule has 0 radical (unpaired) electrons. The van der Waals surface area contributed by atoms with Gasteiger partial charge in [0.05, 0.1) is 17.6 Å². The number of aryl methyl sites for hydroxylation is 1. The maximum Gasteiger partial charge on any atom is 0.0677 e. The van der Waals surface area contributed by atoms with Crippen molar-refractivity contribution in [1.82, 2.24) is 9.78 Å².